The highest BCUT2D eigenvalue weighted by atomic mass is 32.1. The number of rotatable bonds is 5. The lowest BCUT2D eigenvalue weighted by atomic mass is 10.1. The third kappa shape index (κ3) is 3.12. The second kappa shape index (κ2) is 7.37. The van der Waals surface area contributed by atoms with Crippen molar-refractivity contribution in [1.29, 1.82) is 0 Å². The van der Waals surface area contributed by atoms with E-state index in [-0.39, 0.29) is 28.3 Å². The number of carboxylic acid groups (broad SMARTS) is 1. The molecule has 0 fully saturated rings. The fourth-order valence-electron chi connectivity index (χ4n) is 3.55. The molecule has 1 N–H and O–H groups in total. The summed E-state index contributed by atoms with van der Waals surface area (Å²) in [6, 6.07) is 7.27. The van der Waals surface area contributed by atoms with E-state index >= 15 is 0 Å². The summed E-state index contributed by atoms with van der Waals surface area (Å²) < 4.78 is 4.70. The zero-order valence-corrected chi connectivity index (χ0v) is 18.2. The van der Waals surface area contributed by atoms with Crippen LogP contribution in [-0.2, 0) is 20.1 Å². The summed E-state index contributed by atoms with van der Waals surface area (Å²) in [7, 11) is 1.35. The Morgan fingerprint density at radius 1 is 1.10 bits per heavy atom. The lowest BCUT2D eigenvalue weighted by molar-refractivity contribution is 0.0698. The van der Waals surface area contributed by atoms with E-state index in [2.05, 4.69) is 0 Å². The van der Waals surface area contributed by atoms with E-state index in [1.807, 2.05) is 32.0 Å². The summed E-state index contributed by atoms with van der Waals surface area (Å²) >= 11 is 2.17. The summed E-state index contributed by atoms with van der Waals surface area (Å²) in [5.74, 6) is -1.14. The summed E-state index contributed by atoms with van der Waals surface area (Å²) in [5, 5.41) is 9.92. The van der Waals surface area contributed by atoms with Crippen LogP contribution < -0.4 is 16.1 Å². The molecule has 3 heterocycles. The molecule has 0 amide bonds. The number of thiophene rings is 1. The topological polar surface area (TPSA) is 103 Å². The van der Waals surface area contributed by atoms with Crippen LogP contribution in [0.5, 0.6) is 0 Å². The number of aromatic nitrogens is 3. The van der Waals surface area contributed by atoms with Crippen molar-refractivity contribution >= 4 is 49.1 Å². The number of hydrogen-bond acceptors (Lipinski definition) is 6. The molecule has 0 aliphatic rings. The first-order valence-electron chi connectivity index (χ1n) is 9.27. The van der Waals surface area contributed by atoms with Gasteiger partial charge in [0.1, 0.15) is 4.83 Å². The first-order chi connectivity index (χ1) is 14.2. The number of carbonyl (C=O) groups is 1. The predicted octanol–water partition coefficient (Wildman–Crippen LogP) is 2.54. The Balaban J connectivity index is 2.04. The average molecular weight is 446 g/mol. The molecule has 30 heavy (non-hydrogen) atoms. The molecule has 0 saturated carbocycles. The average Bonchev–Trinajstić information content (AvgIpc) is 3.22. The Labute approximate surface area is 177 Å². The van der Waals surface area contributed by atoms with E-state index in [0.717, 1.165) is 31.9 Å². The fourth-order valence-corrected chi connectivity index (χ4v) is 5.71. The maximum Gasteiger partial charge on any atom is 0.337 e. The minimum Gasteiger partial charge on any atom is -0.478 e. The molecule has 10 heteroatoms. The van der Waals surface area contributed by atoms with Gasteiger partial charge in [-0.2, -0.15) is 0 Å². The molecular weight excluding hydrogens is 426 g/mol. The van der Waals surface area contributed by atoms with Crippen LogP contribution in [0, 0.1) is 5.92 Å². The van der Waals surface area contributed by atoms with Gasteiger partial charge < -0.3 is 5.11 Å². The molecule has 0 bridgehead atoms. The third-order valence-electron chi connectivity index (χ3n) is 4.88. The molecule has 1 aromatic carbocycles. The number of aromatic carboxylic acids is 1. The second-order valence-corrected chi connectivity index (χ2v) is 9.54. The summed E-state index contributed by atoms with van der Waals surface area (Å²) in [5.41, 5.74) is -0.564. The summed E-state index contributed by atoms with van der Waals surface area (Å²) in [6.07, 6.45) is 0. The maximum absolute atomic E-state index is 12.8. The quantitative estimate of drug-likeness (QED) is 0.508. The highest BCUT2D eigenvalue weighted by Gasteiger charge is 2.26. The molecule has 4 rings (SSSR count). The highest BCUT2D eigenvalue weighted by Crippen LogP contribution is 2.30. The monoisotopic (exact) mass is 445 g/mol. The largest absolute Gasteiger partial charge is 0.478 e. The molecule has 0 aliphatic heterocycles. The van der Waals surface area contributed by atoms with Crippen molar-refractivity contribution in [1.82, 2.24) is 13.7 Å². The predicted molar refractivity (Wildman–Crippen MR) is 118 cm³/mol. The molecule has 0 radical (unpaired) electrons. The van der Waals surface area contributed by atoms with Gasteiger partial charge in [0, 0.05) is 18.5 Å². The van der Waals surface area contributed by atoms with Gasteiger partial charge in [-0.25, -0.2) is 9.59 Å². The zero-order chi connectivity index (χ0) is 21.7. The Morgan fingerprint density at radius 2 is 1.80 bits per heavy atom. The van der Waals surface area contributed by atoms with Crippen molar-refractivity contribution < 1.29 is 9.90 Å². The van der Waals surface area contributed by atoms with Crippen LogP contribution in [0.1, 0.15) is 29.1 Å². The van der Waals surface area contributed by atoms with Crippen molar-refractivity contribution in [3.8, 4) is 0 Å². The molecule has 0 atom stereocenters. The summed E-state index contributed by atoms with van der Waals surface area (Å²) in [6.45, 7) is 4.24. The zero-order valence-electron chi connectivity index (χ0n) is 16.5. The van der Waals surface area contributed by atoms with Crippen LogP contribution in [0.4, 0.5) is 0 Å². The lowest BCUT2D eigenvalue weighted by Crippen LogP contribution is -2.38. The lowest BCUT2D eigenvalue weighted by Gasteiger charge is -2.11. The SMILES string of the molecule is CC(C)Cn1c(=O)n(C)c(=O)c2c(C(=O)O)c(Cn3c(=O)sc4ccccc43)sc21. The second-order valence-electron chi connectivity index (χ2n) is 7.46. The molecule has 0 aliphatic carbocycles. The van der Waals surface area contributed by atoms with Crippen LogP contribution in [-0.4, -0.2) is 24.8 Å². The van der Waals surface area contributed by atoms with E-state index in [1.165, 1.54) is 16.2 Å². The standard InChI is InChI=1S/C20H19N3O5S2/c1-10(2)8-23-17-15(16(24)21(3)19(23)27)14(18(25)26)13(29-17)9-22-11-6-4-5-7-12(11)30-20(22)28/h4-7,10H,8-9H2,1-3H3,(H,25,26). The smallest absolute Gasteiger partial charge is 0.337 e. The molecule has 0 saturated heterocycles. The van der Waals surface area contributed by atoms with Gasteiger partial charge in [-0.1, -0.05) is 37.3 Å². The molecule has 156 valence electrons. The van der Waals surface area contributed by atoms with Crippen LogP contribution >= 0.6 is 22.7 Å². The van der Waals surface area contributed by atoms with Gasteiger partial charge in [0.05, 0.1) is 27.7 Å². The minimum atomic E-state index is -1.25. The molecule has 4 aromatic rings. The van der Waals surface area contributed by atoms with Crippen LogP contribution in [0.15, 0.2) is 38.6 Å². The van der Waals surface area contributed by atoms with Gasteiger partial charge in [0.2, 0.25) is 0 Å². The van der Waals surface area contributed by atoms with Gasteiger partial charge in [-0.05, 0) is 18.1 Å². The number of benzene rings is 1. The van der Waals surface area contributed by atoms with Gasteiger partial charge >= 0.3 is 16.5 Å². The Morgan fingerprint density at radius 3 is 2.47 bits per heavy atom. The number of fused-ring (bicyclic) bond motifs is 2. The van der Waals surface area contributed by atoms with Crippen LogP contribution in [0.2, 0.25) is 0 Å². The Hall–Kier alpha value is -2.98. The number of thiazole rings is 1. The van der Waals surface area contributed by atoms with Crippen molar-refractivity contribution in [3.63, 3.8) is 0 Å². The molecule has 0 unspecified atom stereocenters. The van der Waals surface area contributed by atoms with Crippen molar-refractivity contribution in [2.75, 3.05) is 0 Å². The highest BCUT2D eigenvalue weighted by molar-refractivity contribution is 7.19. The van der Waals surface area contributed by atoms with Crippen LogP contribution in [0.3, 0.4) is 0 Å². The number of carboxylic acids is 1. The molecule has 8 nitrogen and oxygen atoms in total. The van der Waals surface area contributed by atoms with Gasteiger partial charge in [-0.3, -0.25) is 23.3 Å². The van der Waals surface area contributed by atoms with Crippen molar-refractivity contribution in [3.05, 3.63) is 65.2 Å². The van der Waals surface area contributed by atoms with E-state index in [9.17, 15) is 24.3 Å². The van der Waals surface area contributed by atoms with E-state index < -0.39 is 17.2 Å². The van der Waals surface area contributed by atoms with E-state index in [0.29, 0.717) is 21.8 Å². The number of hydrogen-bond donors (Lipinski definition) is 1. The Bertz CT molecular complexity index is 1480. The molecular formula is C20H19N3O5S2. The summed E-state index contributed by atoms with van der Waals surface area (Å²) in [4.78, 5) is 50.7. The van der Waals surface area contributed by atoms with Gasteiger partial charge in [0.15, 0.2) is 0 Å². The minimum absolute atomic E-state index is 0.0119. The number of nitrogens with zero attached hydrogens (tertiary/aromatic N) is 3. The van der Waals surface area contributed by atoms with E-state index in [1.54, 1.807) is 6.07 Å². The maximum atomic E-state index is 12.8. The van der Waals surface area contributed by atoms with Crippen molar-refractivity contribution in [2.45, 2.75) is 26.9 Å². The number of para-hydroxylation sites is 1. The Kier molecular flexibility index (Phi) is 4.99. The fraction of sp³-hybridized carbons (Fsp3) is 0.300. The normalized spacial score (nSPS) is 11.7. The molecule has 3 aromatic heterocycles. The first-order valence-corrected chi connectivity index (χ1v) is 10.9. The van der Waals surface area contributed by atoms with Gasteiger partial charge in [-0.15, -0.1) is 11.3 Å². The van der Waals surface area contributed by atoms with Crippen LogP contribution in [0.25, 0.3) is 20.4 Å². The van der Waals surface area contributed by atoms with Crippen molar-refractivity contribution in [2.24, 2.45) is 13.0 Å². The third-order valence-corrected chi connectivity index (χ3v) is 7.04. The van der Waals surface area contributed by atoms with E-state index in [4.69, 9.17) is 0 Å². The first kappa shape index (κ1) is 20.3. The van der Waals surface area contributed by atoms with Gasteiger partial charge in [0.25, 0.3) is 5.56 Å². The molecule has 0 spiro atoms.